The van der Waals surface area contributed by atoms with E-state index in [2.05, 4.69) is 21.2 Å². The van der Waals surface area contributed by atoms with Gasteiger partial charge in [0.15, 0.2) is 5.78 Å². The van der Waals surface area contributed by atoms with E-state index in [0.717, 1.165) is 18.6 Å². The summed E-state index contributed by atoms with van der Waals surface area (Å²) in [5.74, 6) is 0.812. The van der Waals surface area contributed by atoms with E-state index >= 15 is 0 Å². The standard InChI is InChI=1S/C18H22BrNO3/c1-16(2)17(3)9-10-18(16,13(19)14(17)21)15(22)20-11-5-7-12(23-4)8-6-11/h5-8,13H,9-10H2,1-4H3,(H,20,22)/t13-,17+,18-/m0/s1. The van der Waals surface area contributed by atoms with E-state index < -0.39 is 15.7 Å². The number of ether oxygens (including phenoxy) is 1. The van der Waals surface area contributed by atoms with Crippen LogP contribution in [0.3, 0.4) is 0 Å². The molecule has 1 amide bonds. The van der Waals surface area contributed by atoms with E-state index in [1.165, 1.54) is 0 Å². The SMILES string of the molecule is COc1ccc(NC(=O)[C@]23CC[C@](C)(C(=O)[C@@H]2Br)C3(C)C)cc1. The second-order valence-electron chi connectivity index (χ2n) is 7.34. The summed E-state index contributed by atoms with van der Waals surface area (Å²) in [6.45, 7) is 6.10. The number of hydrogen-bond donors (Lipinski definition) is 1. The summed E-state index contributed by atoms with van der Waals surface area (Å²) in [4.78, 5) is 25.4. The molecule has 0 saturated heterocycles. The van der Waals surface area contributed by atoms with Gasteiger partial charge in [-0.05, 0) is 42.5 Å². The van der Waals surface area contributed by atoms with Gasteiger partial charge in [-0.25, -0.2) is 0 Å². The zero-order valence-electron chi connectivity index (χ0n) is 13.9. The van der Waals surface area contributed by atoms with E-state index in [1.807, 2.05) is 45.0 Å². The van der Waals surface area contributed by atoms with Gasteiger partial charge < -0.3 is 10.1 Å². The summed E-state index contributed by atoms with van der Waals surface area (Å²) in [5.41, 5.74) is -0.826. The van der Waals surface area contributed by atoms with Gasteiger partial charge in [-0.3, -0.25) is 9.59 Å². The number of halogens is 1. The van der Waals surface area contributed by atoms with Crippen LogP contribution in [0.15, 0.2) is 24.3 Å². The molecule has 1 aromatic carbocycles. The number of Topliss-reactive ketones (excluding diaryl/α,β-unsaturated/α-hetero) is 1. The van der Waals surface area contributed by atoms with Crippen molar-refractivity contribution in [3.8, 4) is 5.75 Å². The number of fused-ring (bicyclic) bond motifs is 2. The van der Waals surface area contributed by atoms with Gasteiger partial charge >= 0.3 is 0 Å². The molecule has 2 bridgehead atoms. The van der Waals surface area contributed by atoms with Crippen molar-refractivity contribution in [2.24, 2.45) is 16.2 Å². The first-order valence-electron chi connectivity index (χ1n) is 7.84. The highest BCUT2D eigenvalue weighted by Crippen LogP contribution is 2.72. The molecule has 0 aromatic heterocycles. The van der Waals surface area contributed by atoms with E-state index in [0.29, 0.717) is 5.69 Å². The monoisotopic (exact) mass is 379 g/mol. The lowest BCUT2D eigenvalue weighted by Gasteiger charge is -2.39. The van der Waals surface area contributed by atoms with Crippen molar-refractivity contribution in [3.63, 3.8) is 0 Å². The minimum Gasteiger partial charge on any atom is -0.497 e. The quantitative estimate of drug-likeness (QED) is 0.812. The fraction of sp³-hybridized carbons (Fsp3) is 0.556. The maximum atomic E-state index is 13.1. The number of alkyl halides is 1. The highest BCUT2D eigenvalue weighted by atomic mass is 79.9. The first kappa shape index (κ1) is 16.5. The molecule has 2 saturated carbocycles. The number of carbonyl (C=O) groups excluding carboxylic acids is 2. The Hall–Kier alpha value is -1.36. The van der Waals surface area contributed by atoms with E-state index in [4.69, 9.17) is 4.74 Å². The van der Waals surface area contributed by atoms with Crippen molar-refractivity contribution in [1.82, 2.24) is 0 Å². The fourth-order valence-electron chi connectivity index (χ4n) is 4.37. The number of hydrogen-bond acceptors (Lipinski definition) is 3. The minimum atomic E-state index is -0.710. The van der Waals surface area contributed by atoms with Crippen molar-refractivity contribution in [3.05, 3.63) is 24.3 Å². The number of methoxy groups -OCH3 is 1. The number of carbonyl (C=O) groups is 2. The molecule has 3 atom stereocenters. The lowest BCUT2D eigenvalue weighted by atomic mass is 9.64. The third kappa shape index (κ3) is 1.89. The van der Waals surface area contributed by atoms with E-state index in [1.54, 1.807) is 7.11 Å². The lowest BCUT2D eigenvalue weighted by Crippen LogP contribution is -2.47. The Balaban J connectivity index is 1.93. The Labute approximate surface area is 145 Å². The molecule has 4 nitrogen and oxygen atoms in total. The number of rotatable bonds is 3. The van der Waals surface area contributed by atoms with Crippen molar-refractivity contribution in [2.45, 2.75) is 38.4 Å². The topological polar surface area (TPSA) is 55.4 Å². The zero-order chi connectivity index (χ0) is 17.0. The molecule has 23 heavy (non-hydrogen) atoms. The van der Waals surface area contributed by atoms with Crippen LogP contribution in [0.1, 0.15) is 33.6 Å². The van der Waals surface area contributed by atoms with Crippen molar-refractivity contribution < 1.29 is 14.3 Å². The van der Waals surface area contributed by atoms with Crippen LogP contribution < -0.4 is 10.1 Å². The molecule has 2 aliphatic rings. The zero-order valence-corrected chi connectivity index (χ0v) is 15.5. The maximum Gasteiger partial charge on any atom is 0.232 e. The van der Waals surface area contributed by atoms with Gasteiger partial charge in [0.2, 0.25) is 5.91 Å². The minimum absolute atomic E-state index is 0.0795. The molecule has 0 aliphatic heterocycles. The van der Waals surface area contributed by atoms with E-state index in [-0.39, 0.29) is 17.1 Å². The predicted molar refractivity (Wildman–Crippen MR) is 92.9 cm³/mol. The Kier molecular flexibility index (Phi) is 3.63. The summed E-state index contributed by atoms with van der Waals surface area (Å²) in [6, 6.07) is 7.24. The smallest absolute Gasteiger partial charge is 0.232 e. The molecule has 2 aliphatic carbocycles. The van der Waals surface area contributed by atoms with Crippen LogP contribution in [0.25, 0.3) is 0 Å². The van der Waals surface area contributed by atoms with Gasteiger partial charge in [-0.15, -0.1) is 0 Å². The third-order valence-corrected chi connectivity index (χ3v) is 7.67. The Bertz CT molecular complexity index is 669. The third-order valence-electron chi connectivity index (χ3n) is 6.47. The van der Waals surface area contributed by atoms with Gasteiger partial charge in [-0.1, -0.05) is 36.7 Å². The van der Waals surface area contributed by atoms with Crippen LogP contribution in [0.2, 0.25) is 0 Å². The summed E-state index contributed by atoms with van der Waals surface area (Å²) in [6.07, 6.45) is 1.48. The molecule has 1 N–H and O–H groups in total. The molecular formula is C18H22BrNO3. The average molecular weight is 380 g/mol. The lowest BCUT2D eigenvalue weighted by molar-refractivity contribution is -0.130. The molecule has 0 heterocycles. The normalized spacial score (nSPS) is 34.5. The first-order chi connectivity index (χ1) is 10.7. The van der Waals surface area contributed by atoms with Crippen LogP contribution in [0.5, 0.6) is 5.75 Å². The van der Waals surface area contributed by atoms with Gasteiger partial charge in [-0.2, -0.15) is 0 Å². The molecule has 3 rings (SSSR count). The number of ketones is 1. The van der Waals surface area contributed by atoms with Crippen molar-refractivity contribution in [2.75, 3.05) is 12.4 Å². The molecule has 5 heteroatoms. The molecule has 0 spiro atoms. The Morgan fingerprint density at radius 1 is 1.22 bits per heavy atom. The van der Waals surface area contributed by atoms with Crippen LogP contribution in [0, 0.1) is 16.2 Å². The number of anilines is 1. The first-order valence-corrected chi connectivity index (χ1v) is 8.76. The second kappa shape index (κ2) is 5.07. The van der Waals surface area contributed by atoms with Crippen LogP contribution >= 0.6 is 15.9 Å². The molecule has 124 valence electrons. The van der Waals surface area contributed by atoms with E-state index in [9.17, 15) is 9.59 Å². The van der Waals surface area contributed by atoms with Gasteiger partial charge in [0.05, 0.1) is 17.4 Å². The van der Waals surface area contributed by atoms with Gasteiger partial charge in [0.25, 0.3) is 0 Å². The summed E-state index contributed by atoms with van der Waals surface area (Å²) in [5, 5.41) is 3.00. The van der Waals surface area contributed by atoms with Crippen LogP contribution in [0.4, 0.5) is 5.69 Å². The fourth-order valence-corrected chi connectivity index (χ4v) is 5.89. The van der Waals surface area contributed by atoms with Gasteiger partial charge in [0.1, 0.15) is 5.75 Å². The predicted octanol–water partition coefficient (Wildman–Crippen LogP) is 3.79. The summed E-state index contributed by atoms with van der Waals surface area (Å²) < 4.78 is 5.13. The number of benzene rings is 1. The second-order valence-corrected chi connectivity index (χ2v) is 8.25. The van der Waals surface area contributed by atoms with Crippen molar-refractivity contribution in [1.29, 1.82) is 0 Å². The Morgan fingerprint density at radius 3 is 2.30 bits per heavy atom. The van der Waals surface area contributed by atoms with Crippen molar-refractivity contribution >= 4 is 33.3 Å². The largest absolute Gasteiger partial charge is 0.497 e. The highest BCUT2D eigenvalue weighted by molar-refractivity contribution is 9.10. The molecule has 2 fully saturated rings. The number of amides is 1. The summed E-state index contributed by atoms with van der Waals surface area (Å²) in [7, 11) is 1.61. The molecule has 0 radical (unpaired) electrons. The summed E-state index contributed by atoms with van der Waals surface area (Å²) >= 11 is 3.54. The van der Waals surface area contributed by atoms with Crippen LogP contribution in [-0.2, 0) is 9.59 Å². The maximum absolute atomic E-state index is 13.1. The van der Waals surface area contributed by atoms with Gasteiger partial charge in [0, 0.05) is 11.1 Å². The van der Waals surface area contributed by atoms with Crippen LogP contribution in [-0.4, -0.2) is 23.6 Å². The molecule has 1 aromatic rings. The molecular weight excluding hydrogens is 358 g/mol. The highest BCUT2D eigenvalue weighted by Gasteiger charge is 2.76. The average Bonchev–Trinajstić information content (AvgIpc) is 2.80. The molecule has 0 unspecified atom stereocenters. The Morgan fingerprint density at radius 2 is 1.83 bits per heavy atom. The number of nitrogens with one attached hydrogen (secondary N) is 1.